The van der Waals surface area contributed by atoms with E-state index in [4.69, 9.17) is 0 Å². The normalized spacial score (nSPS) is 11.8. The number of phenols is 1. The summed E-state index contributed by atoms with van der Waals surface area (Å²) in [6.07, 6.45) is -9.20. The third-order valence-electron chi connectivity index (χ3n) is 5.36. The fourth-order valence-corrected chi connectivity index (χ4v) is 3.56. The molecule has 4 rings (SSSR count). The van der Waals surface area contributed by atoms with E-state index in [0.717, 1.165) is 36.4 Å². The largest absolute Gasteiger partial charge is 0.507 e. The topological polar surface area (TPSA) is 78.4 Å². The van der Waals surface area contributed by atoms with Gasteiger partial charge in [-0.25, -0.2) is 0 Å². The summed E-state index contributed by atoms with van der Waals surface area (Å²) in [6.45, 7) is 0. The summed E-state index contributed by atoms with van der Waals surface area (Å²) in [5.41, 5.74) is -2.33. The first kappa shape index (κ1) is 25.5. The van der Waals surface area contributed by atoms with Crippen LogP contribution in [0.2, 0.25) is 0 Å². The van der Waals surface area contributed by atoms with Crippen LogP contribution in [0.5, 0.6) is 5.75 Å². The molecular formula is C26H16F6N2O3. The molecule has 0 aliphatic carbocycles. The Morgan fingerprint density at radius 3 is 1.70 bits per heavy atom. The Kier molecular flexibility index (Phi) is 6.55. The van der Waals surface area contributed by atoms with Gasteiger partial charge in [-0.2, -0.15) is 26.3 Å². The number of phenolic OH excluding ortho intramolecular Hbond substituents is 1. The van der Waals surface area contributed by atoms with Crippen molar-refractivity contribution in [1.82, 2.24) is 0 Å². The number of alkyl halides is 6. The molecule has 0 spiro atoms. The zero-order valence-electron chi connectivity index (χ0n) is 18.5. The molecule has 0 aromatic heterocycles. The molecule has 0 radical (unpaired) electrons. The van der Waals surface area contributed by atoms with E-state index in [-0.39, 0.29) is 22.5 Å². The Bertz CT molecular complexity index is 1510. The Balaban J connectivity index is 1.59. The first-order valence-electron chi connectivity index (χ1n) is 10.6. The molecule has 0 saturated heterocycles. The number of hydrogen-bond donors (Lipinski definition) is 3. The first-order chi connectivity index (χ1) is 17.3. The van der Waals surface area contributed by atoms with Crippen LogP contribution in [0.4, 0.5) is 37.7 Å². The molecule has 0 saturated carbocycles. The summed E-state index contributed by atoms with van der Waals surface area (Å²) < 4.78 is 77.6. The molecule has 0 unspecified atom stereocenters. The van der Waals surface area contributed by atoms with Crippen molar-refractivity contribution in [3.05, 3.63) is 101 Å². The molecule has 3 N–H and O–H groups in total. The minimum Gasteiger partial charge on any atom is -0.507 e. The number of aromatic hydroxyl groups is 1. The smallest absolute Gasteiger partial charge is 0.416 e. The van der Waals surface area contributed by atoms with E-state index in [0.29, 0.717) is 10.8 Å². The summed E-state index contributed by atoms with van der Waals surface area (Å²) >= 11 is 0. The quantitative estimate of drug-likeness (QED) is 0.253. The van der Waals surface area contributed by atoms with Crippen LogP contribution in [0, 0.1) is 0 Å². The van der Waals surface area contributed by atoms with Gasteiger partial charge in [0.1, 0.15) is 5.75 Å². The van der Waals surface area contributed by atoms with E-state index >= 15 is 0 Å². The Hall–Kier alpha value is -4.54. The number of amides is 2. The third kappa shape index (κ3) is 5.83. The van der Waals surface area contributed by atoms with Crippen LogP contribution >= 0.6 is 0 Å². The molecule has 2 amide bonds. The molecular weight excluding hydrogens is 502 g/mol. The maximum absolute atomic E-state index is 12.9. The van der Waals surface area contributed by atoms with Crippen LogP contribution in [-0.2, 0) is 12.4 Å². The molecule has 11 heteroatoms. The molecule has 0 heterocycles. The molecule has 190 valence electrons. The van der Waals surface area contributed by atoms with Crippen molar-refractivity contribution in [2.24, 2.45) is 0 Å². The number of halogens is 6. The number of benzene rings is 4. The van der Waals surface area contributed by atoms with Gasteiger partial charge in [-0.05, 0) is 71.4 Å². The van der Waals surface area contributed by atoms with Crippen molar-refractivity contribution in [2.75, 3.05) is 10.6 Å². The zero-order chi connectivity index (χ0) is 27.0. The number of fused-ring (bicyclic) bond motifs is 1. The van der Waals surface area contributed by atoms with Crippen LogP contribution < -0.4 is 10.6 Å². The highest BCUT2D eigenvalue weighted by Gasteiger charge is 2.31. The minimum atomic E-state index is -4.61. The minimum absolute atomic E-state index is 0.0554. The second kappa shape index (κ2) is 9.49. The lowest BCUT2D eigenvalue weighted by Crippen LogP contribution is -2.14. The van der Waals surface area contributed by atoms with Crippen LogP contribution in [0.25, 0.3) is 10.8 Å². The number of anilines is 2. The Labute approximate surface area is 205 Å². The van der Waals surface area contributed by atoms with E-state index in [1.807, 2.05) is 0 Å². The van der Waals surface area contributed by atoms with Crippen molar-refractivity contribution < 1.29 is 41.0 Å². The maximum atomic E-state index is 12.9. The van der Waals surface area contributed by atoms with Gasteiger partial charge in [-0.1, -0.05) is 18.2 Å². The number of hydrogen-bond acceptors (Lipinski definition) is 3. The van der Waals surface area contributed by atoms with Gasteiger partial charge < -0.3 is 15.7 Å². The Morgan fingerprint density at radius 1 is 0.622 bits per heavy atom. The second-order valence-electron chi connectivity index (χ2n) is 8.00. The third-order valence-corrected chi connectivity index (χ3v) is 5.36. The molecule has 37 heavy (non-hydrogen) atoms. The zero-order valence-corrected chi connectivity index (χ0v) is 18.5. The fourth-order valence-electron chi connectivity index (χ4n) is 3.56. The second-order valence-corrected chi connectivity index (χ2v) is 8.00. The average Bonchev–Trinajstić information content (AvgIpc) is 2.82. The standard InChI is InChI=1S/C26H16F6N2O3/c27-25(28,29)17-3-1-5-19(12-17)33-23(36)15-8-7-14-11-22(35)21(10-16(14)9-15)24(37)34-20-6-2-4-18(13-20)26(30,31)32/h1-13,35H,(H,33,36)(H,34,37). The molecule has 0 aliphatic rings. The van der Waals surface area contributed by atoms with Gasteiger partial charge in [-0.3, -0.25) is 9.59 Å². The molecule has 0 atom stereocenters. The predicted octanol–water partition coefficient (Wildman–Crippen LogP) is 7.09. The highest BCUT2D eigenvalue weighted by molar-refractivity contribution is 6.10. The average molecular weight is 518 g/mol. The lowest BCUT2D eigenvalue weighted by Gasteiger charge is -2.12. The van der Waals surface area contributed by atoms with Crippen molar-refractivity contribution in [3.8, 4) is 5.75 Å². The van der Waals surface area contributed by atoms with Crippen molar-refractivity contribution in [2.45, 2.75) is 12.4 Å². The van der Waals surface area contributed by atoms with Gasteiger partial charge >= 0.3 is 12.4 Å². The van der Waals surface area contributed by atoms with E-state index in [1.165, 1.54) is 42.5 Å². The molecule has 4 aromatic rings. The highest BCUT2D eigenvalue weighted by Crippen LogP contribution is 2.33. The SMILES string of the molecule is O=C(Nc1cccc(C(F)(F)F)c1)c1ccc2cc(O)c(C(=O)Nc3cccc(C(F)(F)F)c3)cc2c1. The predicted molar refractivity (Wildman–Crippen MR) is 124 cm³/mol. The molecule has 4 aromatic carbocycles. The van der Waals surface area contributed by atoms with Gasteiger partial charge in [0, 0.05) is 16.9 Å². The van der Waals surface area contributed by atoms with Crippen molar-refractivity contribution >= 4 is 34.0 Å². The van der Waals surface area contributed by atoms with Gasteiger partial charge in [-0.15, -0.1) is 0 Å². The summed E-state index contributed by atoms with van der Waals surface area (Å²) in [6, 6.07) is 14.7. The molecule has 0 aliphatic heterocycles. The van der Waals surface area contributed by atoms with Crippen LogP contribution in [0.15, 0.2) is 78.9 Å². The van der Waals surface area contributed by atoms with Crippen LogP contribution in [0.3, 0.4) is 0 Å². The summed E-state index contributed by atoms with van der Waals surface area (Å²) in [5, 5.41) is 15.7. The summed E-state index contributed by atoms with van der Waals surface area (Å²) in [5.74, 6) is -2.06. The van der Waals surface area contributed by atoms with Gasteiger partial charge in [0.2, 0.25) is 0 Å². The fraction of sp³-hybridized carbons (Fsp3) is 0.0769. The van der Waals surface area contributed by atoms with Crippen molar-refractivity contribution in [3.63, 3.8) is 0 Å². The van der Waals surface area contributed by atoms with Gasteiger partial charge in [0.05, 0.1) is 16.7 Å². The molecule has 0 fully saturated rings. The number of rotatable bonds is 4. The summed E-state index contributed by atoms with van der Waals surface area (Å²) in [7, 11) is 0. The molecule has 5 nitrogen and oxygen atoms in total. The number of nitrogens with one attached hydrogen (secondary N) is 2. The van der Waals surface area contributed by atoms with Gasteiger partial charge in [0.25, 0.3) is 11.8 Å². The number of carbonyl (C=O) groups is 2. The lowest BCUT2D eigenvalue weighted by atomic mass is 10.0. The first-order valence-corrected chi connectivity index (χ1v) is 10.6. The van der Waals surface area contributed by atoms with E-state index in [1.54, 1.807) is 0 Å². The monoisotopic (exact) mass is 518 g/mol. The van der Waals surface area contributed by atoms with E-state index in [9.17, 15) is 41.0 Å². The summed E-state index contributed by atoms with van der Waals surface area (Å²) in [4.78, 5) is 25.3. The lowest BCUT2D eigenvalue weighted by molar-refractivity contribution is -0.138. The van der Waals surface area contributed by atoms with Gasteiger partial charge in [0.15, 0.2) is 0 Å². The van der Waals surface area contributed by atoms with Crippen LogP contribution in [0.1, 0.15) is 31.8 Å². The van der Waals surface area contributed by atoms with Crippen LogP contribution in [-0.4, -0.2) is 16.9 Å². The van der Waals surface area contributed by atoms with E-state index in [2.05, 4.69) is 10.6 Å². The number of carbonyl (C=O) groups excluding carboxylic acids is 2. The molecule has 0 bridgehead atoms. The maximum Gasteiger partial charge on any atom is 0.416 e. The highest BCUT2D eigenvalue weighted by atomic mass is 19.4. The van der Waals surface area contributed by atoms with E-state index < -0.39 is 41.0 Å². The Morgan fingerprint density at radius 2 is 1.16 bits per heavy atom. The van der Waals surface area contributed by atoms with Crippen molar-refractivity contribution in [1.29, 1.82) is 0 Å².